The Morgan fingerprint density at radius 2 is 2.05 bits per heavy atom. The van der Waals surface area contributed by atoms with Crippen LogP contribution >= 0.6 is 0 Å². The van der Waals surface area contributed by atoms with Gasteiger partial charge in [-0.05, 0) is 31.9 Å². The van der Waals surface area contributed by atoms with Crippen molar-refractivity contribution in [3.8, 4) is 0 Å². The van der Waals surface area contributed by atoms with E-state index in [9.17, 15) is 14.0 Å². The summed E-state index contributed by atoms with van der Waals surface area (Å²) >= 11 is 0. The highest BCUT2D eigenvalue weighted by molar-refractivity contribution is 5.99. The van der Waals surface area contributed by atoms with Crippen LogP contribution in [0, 0.1) is 18.2 Å². The number of hydrogen-bond donors (Lipinski definition) is 3. The Balaban J connectivity index is 2.29. The van der Waals surface area contributed by atoms with Crippen LogP contribution in [0.3, 0.4) is 0 Å². The predicted molar refractivity (Wildman–Crippen MR) is 73.6 cm³/mol. The normalized spacial score (nSPS) is 16.4. The Morgan fingerprint density at radius 3 is 2.50 bits per heavy atom. The van der Waals surface area contributed by atoms with E-state index in [0.717, 1.165) is 25.3 Å². The second-order valence-electron chi connectivity index (χ2n) is 5.29. The molecule has 0 bridgehead atoms. The van der Waals surface area contributed by atoms with E-state index < -0.39 is 17.1 Å². The first-order valence-electron chi connectivity index (χ1n) is 6.51. The van der Waals surface area contributed by atoms with Crippen LogP contribution in [0.15, 0.2) is 12.1 Å². The predicted octanol–water partition coefficient (Wildman–Crippen LogP) is 1.30. The molecule has 2 amide bonds. The Kier molecular flexibility index (Phi) is 3.76. The van der Waals surface area contributed by atoms with Gasteiger partial charge in [0.25, 0.3) is 0 Å². The molecule has 0 heterocycles. The lowest BCUT2D eigenvalue weighted by molar-refractivity contribution is -0.129. The van der Waals surface area contributed by atoms with Crippen LogP contribution in [0.25, 0.3) is 0 Å². The summed E-state index contributed by atoms with van der Waals surface area (Å²) in [4.78, 5) is 23.4. The number of rotatable bonds is 4. The fourth-order valence-corrected chi connectivity index (χ4v) is 2.33. The van der Waals surface area contributed by atoms with Crippen molar-refractivity contribution in [1.29, 1.82) is 0 Å². The summed E-state index contributed by atoms with van der Waals surface area (Å²) in [6, 6.07) is 2.46. The molecule has 1 aromatic rings. The summed E-state index contributed by atoms with van der Waals surface area (Å²) < 4.78 is 13.7. The molecule has 20 heavy (non-hydrogen) atoms. The minimum atomic E-state index is -0.739. The van der Waals surface area contributed by atoms with E-state index >= 15 is 0 Å². The minimum Gasteiger partial charge on any atom is -0.366 e. The first-order valence-corrected chi connectivity index (χ1v) is 6.51. The smallest absolute Gasteiger partial charge is 0.248 e. The molecule has 1 aromatic carbocycles. The van der Waals surface area contributed by atoms with Gasteiger partial charge in [-0.1, -0.05) is 6.42 Å². The number of nitrogens with one attached hydrogen (secondary N) is 1. The molecule has 0 spiro atoms. The van der Waals surface area contributed by atoms with Crippen LogP contribution in [0.2, 0.25) is 0 Å². The van der Waals surface area contributed by atoms with Gasteiger partial charge in [0.1, 0.15) is 5.82 Å². The maximum absolute atomic E-state index is 13.7. The van der Waals surface area contributed by atoms with Crippen LogP contribution in [0.5, 0.6) is 0 Å². The summed E-state index contributed by atoms with van der Waals surface area (Å²) in [5.74, 6) is -1.54. The zero-order chi connectivity index (χ0) is 14.9. The van der Waals surface area contributed by atoms with E-state index in [2.05, 4.69) is 5.32 Å². The molecule has 1 saturated carbocycles. The lowest BCUT2D eigenvalue weighted by Gasteiger charge is -2.39. The van der Waals surface area contributed by atoms with E-state index in [4.69, 9.17) is 11.5 Å². The summed E-state index contributed by atoms with van der Waals surface area (Å²) in [7, 11) is 0. The standard InChI is InChI=1S/C14H18FN3O2/c1-8-10(15)5-9(12(17)19)6-11(8)18-13(20)14(7-16)3-2-4-14/h5-6H,2-4,7,16H2,1H3,(H2,17,19)(H,18,20). The first-order chi connectivity index (χ1) is 9.39. The molecule has 6 heteroatoms. The second kappa shape index (κ2) is 5.20. The molecule has 2 rings (SSSR count). The van der Waals surface area contributed by atoms with Crippen LogP contribution < -0.4 is 16.8 Å². The zero-order valence-corrected chi connectivity index (χ0v) is 11.3. The summed E-state index contributed by atoms with van der Waals surface area (Å²) in [6.07, 6.45) is 2.41. The first kappa shape index (κ1) is 14.5. The van der Waals surface area contributed by atoms with Crippen molar-refractivity contribution in [2.24, 2.45) is 16.9 Å². The van der Waals surface area contributed by atoms with Crippen molar-refractivity contribution in [3.05, 3.63) is 29.1 Å². The molecule has 0 saturated heterocycles. The van der Waals surface area contributed by atoms with Gasteiger partial charge in [0.15, 0.2) is 0 Å². The van der Waals surface area contributed by atoms with Crippen molar-refractivity contribution in [1.82, 2.24) is 0 Å². The lowest BCUT2D eigenvalue weighted by Crippen LogP contribution is -2.47. The largest absolute Gasteiger partial charge is 0.366 e. The third-order valence-corrected chi connectivity index (χ3v) is 4.06. The van der Waals surface area contributed by atoms with Gasteiger partial charge in [-0.15, -0.1) is 0 Å². The van der Waals surface area contributed by atoms with Crippen molar-refractivity contribution >= 4 is 17.5 Å². The Labute approximate surface area is 116 Å². The van der Waals surface area contributed by atoms with Crippen LogP contribution in [0.4, 0.5) is 10.1 Å². The molecular formula is C14H18FN3O2. The molecule has 0 aromatic heterocycles. The maximum atomic E-state index is 13.7. The molecule has 0 aliphatic heterocycles. The molecule has 0 atom stereocenters. The number of nitrogens with two attached hydrogens (primary N) is 2. The molecule has 0 radical (unpaired) electrons. The van der Waals surface area contributed by atoms with Crippen molar-refractivity contribution in [3.63, 3.8) is 0 Å². The van der Waals surface area contributed by atoms with E-state index in [1.54, 1.807) is 0 Å². The minimum absolute atomic E-state index is 0.0267. The molecule has 1 aliphatic carbocycles. The summed E-state index contributed by atoms with van der Waals surface area (Å²) in [5.41, 5.74) is 10.8. The number of primary amides is 1. The Morgan fingerprint density at radius 1 is 1.40 bits per heavy atom. The van der Waals surface area contributed by atoms with Gasteiger partial charge in [-0.3, -0.25) is 9.59 Å². The molecule has 5 N–H and O–H groups in total. The van der Waals surface area contributed by atoms with Gasteiger partial charge in [0, 0.05) is 23.4 Å². The van der Waals surface area contributed by atoms with Gasteiger partial charge in [-0.25, -0.2) is 4.39 Å². The second-order valence-corrected chi connectivity index (χ2v) is 5.29. The fraction of sp³-hybridized carbons (Fsp3) is 0.429. The SMILES string of the molecule is Cc1c(F)cc(C(N)=O)cc1NC(=O)C1(CN)CCC1. The van der Waals surface area contributed by atoms with Crippen LogP contribution in [-0.4, -0.2) is 18.4 Å². The third kappa shape index (κ3) is 2.38. The summed E-state index contributed by atoms with van der Waals surface area (Å²) in [5, 5.41) is 2.67. The van der Waals surface area contributed by atoms with Crippen molar-refractivity contribution in [2.45, 2.75) is 26.2 Å². The van der Waals surface area contributed by atoms with Gasteiger partial charge >= 0.3 is 0 Å². The lowest BCUT2D eigenvalue weighted by atomic mass is 9.68. The van der Waals surface area contributed by atoms with Gasteiger partial charge < -0.3 is 16.8 Å². The number of carbonyl (C=O) groups excluding carboxylic acids is 2. The van der Waals surface area contributed by atoms with E-state index in [-0.39, 0.29) is 29.3 Å². The van der Waals surface area contributed by atoms with E-state index in [1.807, 2.05) is 0 Å². The molecule has 108 valence electrons. The van der Waals surface area contributed by atoms with Crippen molar-refractivity contribution < 1.29 is 14.0 Å². The van der Waals surface area contributed by atoms with Crippen molar-refractivity contribution in [2.75, 3.05) is 11.9 Å². The number of benzene rings is 1. The van der Waals surface area contributed by atoms with E-state index in [0.29, 0.717) is 0 Å². The highest BCUT2D eigenvalue weighted by atomic mass is 19.1. The number of carbonyl (C=O) groups is 2. The fourth-order valence-electron chi connectivity index (χ4n) is 2.33. The number of amides is 2. The average Bonchev–Trinajstić information content (AvgIpc) is 2.33. The molecule has 5 nitrogen and oxygen atoms in total. The number of anilines is 1. The van der Waals surface area contributed by atoms with Gasteiger partial charge in [0.05, 0.1) is 5.41 Å². The quantitative estimate of drug-likeness (QED) is 0.774. The average molecular weight is 279 g/mol. The molecule has 1 aliphatic rings. The number of hydrogen-bond acceptors (Lipinski definition) is 3. The monoisotopic (exact) mass is 279 g/mol. The van der Waals surface area contributed by atoms with E-state index in [1.165, 1.54) is 13.0 Å². The molecule has 0 unspecified atom stereocenters. The van der Waals surface area contributed by atoms with Gasteiger partial charge in [0.2, 0.25) is 11.8 Å². The molecule has 1 fully saturated rings. The van der Waals surface area contributed by atoms with Crippen LogP contribution in [-0.2, 0) is 4.79 Å². The molecular weight excluding hydrogens is 261 g/mol. The third-order valence-electron chi connectivity index (χ3n) is 4.06. The highest BCUT2D eigenvalue weighted by Gasteiger charge is 2.43. The highest BCUT2D eigenvalue weighted by Crippen LogP contribution is 2.41. The van der Waals surface area contributed by atoms with Gasteiger partial charge in [-0.2, -0.15) is 0 Å². The Hall–Kier alpha value is -1.95. The summed E-state index contributed by atoms with van der Waals surface area (Å²) in [6.45, 7) is 1.79. The number of halogens is 1. The maximum Gasteiger partial charge on any atom is 0.248 e. The topological polar surface area (TPSA) is 98.2 Å². The van der Waals surface area contributed by atoms with Crippen LogP contribution in [0.1, 0.15) is 35.2 Å². The zero-order valence-electron chi connectivity index (χ0n) is 11.3. The Bertz CT molecular complexity index is 562.